The van der Waals surface area contributed by atoms with Gasteiger partial charge in [0.1, 0.15) is 22.3 Å². The Kier molecular flexibility index (Phi) is 5.14. The summed E-state index contributed by atoms with van der Waals surface area (Å²) in [6.07, 6.45) is 0. The minimum atomic E-state index is 0.882. The second kappa shape index (κ2) is 9.57. The fraction of sp³-hybridized carbons (Fsp3) is 0. The van der Waals surface area contributed by atoms with E-state index in [1.807, 2.05) is 6.07 Å². The zero-order chi connectivity index (χ0) is 31.3. The zero-order valence-electron chi connectivity index (χ0n) is 25.8. The van der Waals surface area contributed by atoms with Gasteiger partial charge in [-0.2, -0.15) is 0 Å². The average molecular weight is 611 g/mol. The Balaban J connectivity index is 1.35. The Morgan fingerprint density at radius 1 is 0.292 bits per heavy atom. The molecule has 11 aromatic rings. The van der Waals surface area contributed by atoms with Crippen molar-refractivity contribution in [2.24, 2.45) is 0 Å². The standard InChI is InChI=1S/C46H26O2/c1-2-14-29-27(12-1)13-11-21-30(29)42-31-15-3-5-17-33(31)43(34-18-6-4-16-32(34)42)37-26-28-24-25-40-44(35-19-7-9-22-38(35)47-40)41(28)45-36-20-8-10-23-39(36)48-46(37)45/h1-26H. The summed E-state index contributed by atoms with van der Waals surface area (Å²) in [4.78, 5) is 0. The van der Waals surface area contributed by atoms with E-state index in [0.29, 0.717) is 0 Å². The molecule has 2 heteroatoms. The van der Waals surface area contributed by atoms with E-state index in [2.05, 4.69) is 152 Å². The van der Waals surface area contributed by atoms with Crippen LogP contribution in [-0.4, -0.2) is 0 Å². The van der Waals surface area contributed by atoms with Crippen LogP contribution in [0.15, 0.2) is 167 Å². The molecule has 0 aliphatic rings. The van der Waals surface area contributed by atoms with Crippen molar-refractivity contribution in [3.05, 3.63) is 158 Å². The number of fused-ring (bicyclic) bond motifs is 12. The topological polar surface area (TPSA) is 26.3 Å². The van der Waals surface area contributed by atoms with E-state index in [0.717, 1.165) is 54.8 Å². The van der Waals surface area contributed by atoms with Gasteiger partial charge in [-0.25, -0.2) is 0 Å². The monoisotopic (exact) mass is 610 g/mol. The molecule has 2 nitrogen and oxygen atoms in total. The lowest BCUT2D eigenvalue weighted by atomic mass is 9.83. The summed E-state index contributed by atoms with van der Waals surface area (Å²) in [5.41, 5.74) is 8.35. The van der Waals surface area contributed by atoms with Crippen LogP contribution in [0.25, 0.3) is 109 Å². The van der Waals surface area contributed by atoms with E-state index in [1.165, 1.54) is 54.4 Å². The Bertz CT molecular complexity index is 3060. The van der Waals surface area contributed by atoms with Crippen molar-refractivity contribution in [1.82, 2.24) is 0 Å². The van der Waals surface area contributed by atoms with Crippen LogP contribution >= 0.6 is 0 Å². The van der Waals surface area contributed by atoms with Gasteiger partial charge in [0.15, 0.2) is 0 Å². The Morgan fingerprint density at radius 3 is 1.50 bits per heavy atom. The lowest BCUT2D eigenvalue weighted by Crippen LogP contribution is -1.92. The van der Waals surface area contributed by atoms with Crippen LogP contribution < -0.4 is 0 Å². The average Bonchev–Trinajstić information content (AvgIpc) is 3.73. The second-order valence-corrected chi connectivity index (χ2v) is 12.7. The molecule has 2 aromatic heterocycles. The van der Waals surface area contributed by atoms with Crippen molar-refractivity contribution in [1.29, 1.82) is 0 Å². The lowest BCUT2D eigenvalue weighted by Gasteiger charge is -2.19. The van der Waals surface area contributed by atoms with Gasteiger partial charge in [0, 0.05) is 38.1 Å². The summed E-state index contributed by atoms with van der Waals surface area (Å²) >= 11 is 0. The molecule has 0 spiro atoms. The minimum Gasteiger partial charge on any atom is -0.456 e. The van der Waals surface area contributed by atoms with Crippen molar-refractivity contribution < 1.29 is 8.83 Å². The molecule has 2 heterocycles. The van der Waals surface area contributed by atoms with E-state index in [1.54, 1.807) is 0 Å². The zero-order valence-corrected chi connectivity index (χ0v) is 25.8. The molecular formula is C46H26O2. The fourth-order valence-electron chi connectivity index (χ4n) is 8.26. The number of para-hydroxylation sites is 2. The highest BCUT2D eigenvalue weighted by Gasteiger charge is 2.24. The first-order chi connectivity index (χ1) is 23.8. The predicted molar refractivity (Wildman–Crippen MR) is 202 cm³/mol. The van der Waals surface area contributed by atoms with Crippen LogP contribution in [0, 0.1) is 0 Å². The number of hydrogen-bond donors (Lipinski definition) is 0. The fourth-order valence-corrected chi connectivity index (χ4v) is 8.26. The smallest absolute Gasteiger partial charge is 0.143 e. The Morgan fingerprint density at radius 2 is 0.812 bits per heavy atom. The summed E-state index contributed by atoms with van der Waals surface area (Å²) in [5, 5.41) is 14.2. The molecule has 0 fully saturated rings. The molecule has 222 valence electrons. The predicted octanol–water partition coefficient (Wildman–Crippen LogP) is 13.4. The highest BCUT2D eigenvalue weighted by Crippen LogP contribution is 2.50. The third kappa shape index (κ3) is 3.41. The van der Waals surface area contributed by atoms with Crippen LogP contribution in [-0.2, 0) is 0 Å². The van der Waals surface area contributed by atoms with Crippen LogP contribution in [0.2, 0.25) is 0 Å². The molecule has 11 rings (SSSR count). The van der Waals surface area contributed by atoms with Gasteiger partial charge in [0.2, 0.25) is 0 Å². The molecule has 0 saturated carbocycles. The van der Waals surface area contributed by atoms with Crippen molar-refractivity contribution >= 4 is 87.0 Å². The molecule has 48 heavy (non-hydrogen) atoms. The van der Waals surface area contributed by atoms with Gasteiger partial charge in [-0.1, -0.05) is 133 Å². The highest BCUT2D eigenvalue weighted by molar-refractivity contribution is 6.34. The van der Waals surface area contributed by atoms with E-state index in [-0.39, 0.29) is 0 Å². The number of furan rings is 2. The molecule has 9 aromatic carbocycles. The number of benzene rings is 9. The van der Waals surface area contributed by atoms with E-state index < -0.39 is 0 Å². The molecule has 0 unspecified atom stereocenters. The van der Waals surface area contributed by atoms with Gasteiger partial charge in [-0.05, 0) is 73.1 Å². The molecule has 0 N–H and O–H groups in total. The molecule has 0 bridgehead atoms. The maximum absolute atomic E-state index is 6.92. The quantitative estimate of drug-likeness (QED) is 0.182. The van der Waals surface area contributed by atoms with Crippen molar-refractivity contribution in [2.45, 2.75) is 0 Å². The summed E-state index contributed by atoms with van der Waals surface area (Å²) in [5.74, 6) is 0. The molecular weight excluding hydrogens is 585 g/mol. The minimum absolute atomic E-state index is 0.882. The van der Waals surface area contributed by atoms with Gasteiger partial charge >= 0.3 is 0 Å². The van der Waals surface area contributed by atoms with Crippen LogP contribution in [0.4, 0.5) is 0 Å². The number of hydrogen-bond acceptors (Lipinski definition) is 2. The van der Waals surface area contributed by atoms with Crippen molar-refractivity contribution in [3.63, 3.8) is 0 Å². The summed E-state index contributed by atoms with van der Waals surface area (Å²) in [6, 6.07) is 56.5. The second-order valence-electron chi connectivity index (χ2n) is 12.7. The van der Waals surface area contributed by atoms with Crippen LogP contribution in [0.3, 0.4) is 0 Å². The van der Waals surface area contributed by atoms with Gasteiger partial charge in [0.25, 0.3) is 0 Å². The summed E-state index contributed by atoms with van der Waals surface area (Å²) in [7, 11) is 0. The van der Waals surface area contributed by atoms with Crippen molar-refractivity contribution in [2.75, 3.05) is 0 Å². The van der Waals surface area contributed by atoms with Gasteiger partial charge < -0.3 is 8.83 Å². The van der Waals surface area contributed by atoms with Gasteiger partial charge in [-0.15, -0.1) is 0 Å². The molecule has 0 radical (unpaired) electrons. The van der Waals surface area contributed by atoms with Gasteiger partial charge in [0.05, 0.1) is 0 Å². The first-order valence-electron chi connectivity index (χ1n) is 16.4. The normalized spacial score (nSPS) is 12.2. The van der Waals surface area contributed by atoms with E-state index >= 15 is 0 Å². The third-order valence-corrected chi connectivity index (χ3v) is 10.2. The van der Waals surface area contributed by atoms with Gasteiger partial charge in [-0.3, -0.25) is 0 Å². The van der Waals surface area contributed by atoms with E-state index in [9.17, 15) is 0 Å². The maximum Gasteiger partial charge on any atom is 0.143 e. The van der Waals surface area contributed by atoms with Crippen LogP contribution in [0.5, 0.6) is 0 Å². The molecule has 0 aliphatic carbocycles. The molecule has 0 amide bonds. The van der Waals surface area contributed by atoms with Crippen LogP contribution in [0.1, 0.15) is 0 Å². The Hall–Kier alpha value is -6.38. The first kappa shape index (κ1) is 25.8. The summed E-state index contributed by atoms with van der Waals surface area (Å²) in [6.45, 7) is 0. The maximum atomic E-state index is 6.92. The largest absolute Gasteiger partial charge is 0.456 e. The molecule has 0 saturated heterocycles. The SMILES string of the molecule is c1ccc2c(-c3c4ccccc4c(-c4cc5ccc6oc7ccccc7c6c5c5c4oc4ccccc45)c4ccccc34)cccc2c1. The highest BCUT2D eigenvalue weighted by atomic mass is 16.3. The number of rotatable bonds is 2. The molecule has 0 atom stereocenters. The lowest BCUT2D eigenvalue weighted by molar-refractivity contribution is 0.669. The Labute approximate surface area is 275 Å². The third-order valence-electron chi connectivity index (χ3n) is 10.2. The van der Waals surface area contributed by atoms with E-state index in [4.69, 9.17) is 8.83 Å². The molecule has 0 aliphatic heterocycles. The first-order valence-corrected chi connectivity index (χ1v) is 16.4. The summed E-state index contributed by atoms with van der Waals surface area (Å²) < 4.78 is 13.3. The van der Waals surface area contributed by atoms with Crippen molar-refractivity contribution in [3.8, 4) is 22.3 Å².